The molecule has 0 amide bonds. The van der Waals surface area contributed by atoms with Crippen LogP contribution in [0.4, 0.5) is 34.1 Å². The normalized spacial score (nSPS) is 14.8. The van der Waals surface area contributed by atoms with Gasteiger partial charge in [0.2, 0.25) is 0 Å². The molecule has 0 fully saturated rings. The summed E-state index contributed by atoms with van der Waals surface area (Å²) in [5, 5.41) is 0.329. The minimum Gasteiger partial charge on any atom is -0.310 e. The van der Waals surface area contributed by atoms with E-state index in [4.69, 9.17) is 5.48 Å². The van der Waals surface area contributed by atoms with Crippen molar-refractivity contribution >= 4 is 110 Å². The standard InChI is InChI=1S/C66H42N4/c1-5-17-43(18-6-1)45-29-33-49(34-30-45)67(47-21-9-3-10-22-47)59-39-37-51-55-41-62-56(42-61(55)69-57-27-15-13-25-53(57)63(59)65(51)69)52-38-40-60(64-54-26-14-16-28-58(54)70(62)66(52)64)68(48-23-11-4-12-24-48)50-35-31-46(32-36-50)44-19-7-2-8-20-44/h1-42H/i13D,14D,15D,16D,25D,26D,27D,28D,37D,38D,39D,40D,41D,42D. The van der Waals surface area contributed by atoms with E-state index >= 15 is 0 Å². The highest BCUT2D eigenvalue weighted by atomic mass is 15.2. The zero-order chi connectivity index (χ0) is 58.0. The summed E-state index contributed by atoms with van der Waals surface area (Å²) in [6, 6.07) is 47.1. The van der Waals surface area contributed by atoms with Crippen molar-refractivity contribution in [2.75, 3.05) is 9.80 Å². The van der Waals surface area contributed by atoms with Crippen molar-refractivity contribution in [3.8, 4) is 22.3 Å². The molecule has 0 unspecified atom stereocenters. The van der Waals surface area contributed by atoms with E-state index in [0.29, 0.717) is 22.7 Å². The van der Waals surface area contributed by atoms with Gasteiger partial charge in [-0.25, -0.2) is 0 Å². The zero-order valence-electron chi connectivity index (χ0n) is 51.0. The summed E-state index contributed by atoms with van der Waals surface area (Å²) in [6.45, 7) is 0. The first-order valence-corrected chi connectivity index (χ1v) is 23.0. The summed E-state index contributed by atoms with van der Waals surface area (Å²) in [7, 11) is 0. The van der Waals surface area contributed by atoms with E-state index in [1.165, 1.54) is 8.80 Å². The third kappa shape index (κ3) is 5.59. The van der Waals surface area contributed by atoms with E-state index < -0.39 is 48.3 Å². The molecular weight excluding hydrogens is 849 g/mol. The van der Waals surface area contributed by atoms with Crippen molar-refractivity contribution in [2.45, 2.75) is 0 Å². The van der Waals surface area contributed by atoms with E-state index in [1.807, 2.05) is 170 Å². The van der Waals surface area contributed by atoms with Crippen LogP contribution in [-0.2, 0) is 0 Å². The van der Waals surface area contributed by atoms with Crippen LogP contribution in [0.3, 0.4) is 0 Å². The first-order chi connectivity index (χ1) is 40.6. The van der Waals surface area contributed by atoms with Gasteiger partial charge in [-0.2, -0.15) is 0 Å². The van der Waals surface area contributed by atoms with E-state index in [0.717, 1.165) is 22.3 Å². The second-order valence-corrected chi connectivity index (χ2v) is 17.4. The van der Waals surface area contributed by atoms with Gasteiger partial charge in [-0.05, 0) is 107 Å². The first kappa shape index (κ1) is 27.4. The van der Waals surface area contributed by atoms with Gasteiger partial charge in [-0.1, -0.05) is 170 Å². The lowest BCUT2D eigenvalue weighted by Gasteiger charge is -2.26. The number of para-hydroxylation sites is 4. The number of aromatic nitrogens is 2. The molecule has 326 valence electrons. The van der Waals surface area contributed by atoms with E-state index in [2.05, 4.69) is 0 Å². The molecule has 0 saturated carbocycles. The quantitative estimate of drug-likeness (QED) is 0.151. The summed E-state index contributed by atoms with van der Waals surface area (Å²) < 4.78 is 140. The predicted octanol–water partition coefficient (Wildman–Crippen LogP) is 18.3. The van der Waals surface area contributed by atoms with Gasteiger partial charge >= 0.3 is 0 Å². The average molecular weight is 905 g/mol. The Morgan fingerprint density at radius 1 is 0.286 bits per heavy atom. The third-order valence-corrected chi connectivity index (χ3v) is 13.6. The van der Waals surface area contributed by atoms with Crippen molar-refractivity contribution < 1.29 is 19.2 Å². The van der Waals surface area contributed by atoms with Gasteiger partial charge in [0, 0.05) is 65.8 Å². The van der Waals surface area contributed by atoms with Crippen LogP contribution in [0.15, 0.2) is 254 Å². The van der Waals surface area contributed by atoms with Crippen LogP contribution in [0.2, 0.25) is 0 Å². The number of nitrogens with zero attached hydrogens (tertiary/aromatic N) is 4. The van der Waals surface area contributed by atoms with Crippen molar-refractivity contribution in [1.82, 2.24) is 8.80 Å². The Kier molecular flexibility index (Phi) is 5.90. The number of benzene rings is 11. The Balaban J connectivity index is 1.12. The minimum absolute atomic E-state index is 0.00304. The van der Waals surface area contributed by atoms with E-state index in [1.54, 1.807) is 9.80 Å². The number of rotatable bonds is 8. The number of hydrogen-bond donors (Lipinski definition) is 0. The van der Waals surface area contributed by atoms with Crippen molar-refractivity contribution in [1.29, 1.82) is 0 Å². The van der Waals surface area contributed by atoms with Crippen molar-refractivity contribution in [3.63, 3.8) is 0 Å². The van der Waals surface area contributed by atoms with Crippen LogP contribution in [0.1, 0.15) is 19.2 Å². The van der Waals surface area contributed by atoms with Crippen molar-refractivity contribution in [3.05, 3.63) is 254 Å². The van der Waals surface area contributed by atoms with Crippen LogP contribution >= 0.6 is 0 Å². The fourth-order valence-electron chi connectivity index (χ4n) is 10.6. The van der Waals surface area contributed by atoms with Crippen molar-refractivity contribution in [2.24, 2.45) is 0 Å². The summed E-state index contributed by atoms with van der Waals surface area (Å²) in [6.07, 6.45) is 0. The Labute approximate surface area is 423 Å². The third-order valence-electron chi connectivity index (χ3n) is 13.6. The molecule has 4 heterocycles. The smallest absolute Gasteiger partial charge is 0.0653 e. The number of anilines is 6. The van der Waals surface area contributed by atoms with Gasteiger partial charge in [0.1, 0.15) is 0 Å². The lowest BCUT2D eigenvalue weighted by atomic mass is 10.0. The molecule has 15 rings (SSSR count). The molecule has 4 aromatic heterocycles. The second kappa shape index (κ2) is 15.1. The predicted molar refractivity (Wildman–Crippen MR) is 296 cm³/mol. The summed E-state index contributed by atoms with van der Waals surface area (Å²) in [4.78, 5) is 3.57. The maximum atomic E-state index is 10.6. The SMILES string of the molecule is [2H]c1c([2H])c([2H])c2c(c1[2H])c1c(N(c3ccccc3)c3ccc(-c4ccccc4)cc3)c([2H])c([2H])c3c4c([2H])c5c(c([2H])c4n2c31)c1c([2H])c([2H])c(N(c2ccccc2)c2ccc(-c3ccccc3)cc2)c2c3c([2H])c([2H])c([2H])c([2H])c3n5c12. The van der Waals surface area contributed by atoms with Gasteiger partial charge in [0.05, 0.1) is 63.7 Å². The Bertz CT molecular complexity index is 4940. The van der Waals surface area contributed by atoms with Gasteiger partial charge in [0.15, 0.2) is 0 Å². The topological polar surface area (TPSA) is 15.3 Å². The summed E-state index contributed by atoms with van der Waals surface area (Å²) in [5.41, 5.74) is 6.33. The molecule has 0 bridgehead atoms. The van der Waals surface area contributed by atoms with Crippen LogP contribution in [0.25, 0.3) is 98.4 Å². The molecule has 0 radical (unpaired) electrons. The maximum absolute atomic E-state index is 10.6. The summed E-state index contributed by atoms with van der Waals surface area (Å²) >= 11 is 0. The molecule has 70 heavy (non-hydrogen) atoms. The van der Waals surface area contributed by atoms with E-state index in [-0.39, 0.29) is 124 Å². The fourth-order valence-corrected chi connectivity index (χ4v) is 10.6. The van der Waals surface area contributed by atoms with Crippen LogP contribution < -0.4 is 9.80 Å². The lowest BCUT2D eigenvalue weighted by Crippen LogP contribution is -2.10. The molecule has 4 heteroatoms. The maximum Gasteiger partial charge on any atom is 0.0653 e. The highest BCUT2D eigenvalue weighted by Crippen LogP contribution is 2.51. The number of fused-ring (bicyclic) bond motifs is 12. The van der Waals surface area contributed by atoms with Crippen LogP contribution in [0.5, 0.6) is 0 Å². The molecular formula is C66H42N4. The van der Waals surface area contributed by atoms with Gasteiger partial charge in [-0.3, -0.25) is 0 Å². The molecule has 11 aromatic carbocycles. The molecule has 0 atom stereocenters. The minimum atomic E-state index is -0.575. The summed E-state index contributed by atoms with van der Waals surface area (Å²) in [5.74, 6) is 0. The first-order valence-electron chi connectivity index (χ1n) is 30.0. The Morgan fingerprint density at radius 3 is 1.03 bits per heavy atom. The molecule has 0 aliphatic heterocycles. The number of hydrogen-bond acceptors (Lipinski definition) is 2. The molecule has 15 aromatic rings. The molecule has 0 aliphatic carbocycles. The highest BCUT2D eigenvalue weighted by molar-refractivity contribution is 6.32. The molecule has 0 saturated heterocycles. The van der Waals surface area contributed by atoms with Crippen LogP contribution in [-0.4, -0.2) is 8.80 Å². The molecule has 4 nitrogen and oxygen atoms in total. The largest absolute Gasteiger partial charge is 0.310 e. The van der Waals surface area contributed by atoms with Gasteiger partial charge in [-0.15, -0.1) is 0 Å². The molecule has 0 aliphatic rings. The molecule has 0 N–H and O–H groups in total. The second-order valence-electron chi connectivity index (χ2n) is 17.4. The average Bonchev–Trinajstić information content (AvgIpc) is 1.60. The van der Waals surface area contributed by atoms with Gasteiger partial charge < -0.3 is 18.6 Å². The monoisotopic (exact) mass is 904 g/mol. The highest BCUT2D eigenvalue weighted by Gasteiger charge is 2.28. The lowest BCUT2D eigenvalue weighted by molar-refractivity contribution is 1.30. The van der Waals surface area contributed by atoms with Gasteiger partial charge in [0.25, 0.3) is 0 Å². The van der Waals surface area contributed by atoms with E-state index in [9.17, 15) is 13.7 Å². The zero-order valence-corrected chi connectivity index (χ0v) is 37.0. The Hall–Kier alpha value is -9.38. The fraction of sp³-hybridized carbons (Fsp3) is 0. The van der Waals surface area contributed by atoms with Crippen LogP contribution in [0, 0.1) is 0 Å². The Morgan fingerprint density at radius 2 is 0.629 bits per heavy atom. The molecule has 0 spiro atoms.